The standard InChI is InChI=1S/C12H15NO4/c1-12(2,7-10(15)16)13-11(17)8-4-3-5-9(14)6-8/h3-6,14H,7H2,1-2H3,(H,13,17)(H,15,16). The summed E-state index contributed by atoms with van der Waals surface area (Å²) < 4.78 is 0. The highest BCUT2D eigenvalue weighted by atomic mass is 16.4. The molecule has 92 valence electrons. The molecule has 1 amide bonds. The van der Waals surface area contributed by atoms with Gasteiger partial charge in [-0.2, -0.15) is 0 Å². The molecular formula is C12H15NO4. The average Bonchev–Trinajstić information content (AvgIpc) is 2.14. The van der Waals surface area contributed by atoms with E-state index in [1.54, 1.807) is 26.0 Å². The van der Waals surface area contributed by atoms with Crippen molar-refractivity contribution >= 4 is 11.9 Å². The zero-order valence-electron chi connectivity index (χ0n) is 9.73. The third kappa shape index (κ3) is 4.14. The van der Waals surface area contributed by atoms with Gasteiger partial charge in [-0.25, -0.2) is 0 Å². The summed E-state index contributed by atoms with van der Waals surface area (Å²) >= 11 is 0. The fourth-order valence-corrected chi connectivity index (χ4v) is 1.45. The molecule has 1 aromatic carbocycles. The molecule has 0 aliphatic rings. The first kappa shape index (κ1) is 13.0. The summed E-state index contributed by atoms with van der Waals surface area (Å²) in [4.78, 5) is 22.4. The van der Waals surface area contributed by atoms with Crippen molar-refractivity contribution in [1.82, 2.24) is 5.32 Å². The molecule has 17 heavy (non-hydrogen) atoms. The molecule has 0 saturated carbocycles. The van der Waals surface area contributed by atoms with Crippen molar-refractivity contribution in [1.29, 1.82) is 0 Å². The maximum Gasteiger partial charge on any atom is 0.305 e. The minimum Gasteiger partial charge on any atom is -0.508 e. The van der Waals surface area contributed by atoms with Crippen LogP contribution in [0.5, 0.6) is 5.75 Å². The summed E-state index contributed by atoms with van der Waals surface area (Å²) in [5.74, 6) is -1.40. The number of nitrogens with one attached hydrogen (secondary N) is 1. The van der Waals surface area contributed by atoms with Crippen molar-refractivity contribution in [3.63, 3.8) is 0 Å². The molecule has 1 aromatic rings. The number of aromatic hydroxyl groups is 1. The highest BCUT2D eigenvalue weighted by Gasteiger charge is 2.24. The fraction of sp³-hybridized carbons (Fsp3) is 0.333. The average molecular weight is 237 g/mol. The highest BCUT2D eigenvalue weighted by molar-refractivity contribution is 5.95. The third-order valence-corrected chi connectivity index (χ3v) is 2.15. The van der Waals surface area contributed by atoms with Crippen molar-refractivity contribution < 1.29 is 19.8 Å². The number of benzene rings is 1. The smallest absolute Gasteiger partial charge is 0.305 e. The van der Waals surface area contributed by atoms with Crippen molar-refractivity contribution in [3.8, 4) is 5.75 Å². The molecule has 1 rings (SSSR count). The number of hydrogen-bond donors (Lipinski definition) is 3. The van der Waals surface area contributed by atoms with Gasteiger partial charge in [0, 0.05) is 11.1 Å². The van der Waals surface area contributed by atoms with Crippen LogP contribution in [0.2, 0.25) is 0 Å². The summed E-state index contributed by atoms with van der Waals surface area (Å²) in [6.45, 7) is 3.25. The van der Waals surface area contributed by atoms with E-state index in [-0.39, 0.29) is 12.2 Å². The molecule has 5 nitrogen and oxygen atoms in total. The van der Waals surface area contributed by atoms with Gasteiger partial charge in [-0.05, 0) is 32.0 Å². The predicted molar refractivity (Wildman–Crippen MR) is 61.9 cm³/mol. The Hall–Kier alpha value is -2.04. The molecule has 3 N–H and O–H groups in total. The number of phenols is 1. The number of carbonyl (C=O) groups excluding carboxylic acids is 1. The van der Waals surface area contributed by atoms with Crippen molar-refractivity contribution in [2.45, 2.75) is 25.8 Å². The molecule has 0 aromatic heterocycles. The first-order valence-electron chi connectivity index (χ1n) is 5.13. The molecule has 0 saturated heterocycles. The normalized spacial score (nSPS) is 10.9. The van der Waals surface area contributed by atoms with Crippen LogP contribution >= 0.6 is 0 Å². The van der Waals surface area contributed by atoms with E-state index in [1.807, 2.05) is 0 Å². The first-order valence-corrected chi connectivity index (χ1v) is 5.13. The SMILES string of the molecule is CC(C)(CC(=O)O)NC(=O)c1cccc(O)c1. The van der Waals surface area contributed by atoms with Gasteiger partial charge in [0.1, 0.15) is 5.75 Å². The minimum absolute atomic E-state index is 0.00584. The van der Waals surface area contributed by atoms with Crippen LogP contribution in [0, 0.1) is 0 Å². The lowest BCUT2D eigenvalue weighted by Gasteiger charge is -2.24. The van der Waals surface area contributed by atoms with E-state index in [1.165, 1.54) is 12.1 Å². The Morgan fingerprint density at radius 3 is 2.53 bits per heavy atom. The lowest BCUT2D eigenvalue weighted by Crippen LogP contribution is -2.44. The maximum atomic E-state index is 11.8. The summed E-state index contributed by atoms with van der Waals surface area (Å²) in [5, 5.41) is 20.5. The first-order chi connectivity index (χ1) is 7.80. The van der Waals surface area contributed by atoms with E-state index in [0.29, 0.717) is 5.56 Å². The van der Waals surface area contributed by atoms with Gasteiger partial charge in [0.25, 0.3) is 5.91 Å². The van der Waals surface area contributed by atoms with Crippen LogP contribution in [0.15, 0.2) is 24.3 Å². The minimum atomic E-state index is -0.980. The van der Waals surface area contributed by atoms with Gasteiger partial charge in [-0.15, -0.1) is 0 Å². The number of carboxylic acids is 1. The molecule has 5 heteroatoms. The Morgan fingerprint density at radius 2 is 2.00 bits per heavy atom. The maximum absolute atomic E-state index is 11.8. The van der Waals surface area contributed by atoms with Gasteiger partial charge < -0.3 is 15.5 Å². The van der Waals surface area contributed by atoms with Gasteiger partial charge in [-0.3, -0.25) is 9.59 Å². The molecule has 0 fully saturated rings. The fourth-order valence-electron chi connectivity index (χ4n) is 1.45. The molecule has 0 bridgehead atoms. The van der Waals surface area contributed by atoms with Crippen LogP contribution in [0.4, 0.5) is 0 Å². The van der Waals surface area contributed by atoms with E-state index in [2.05, 4.69) is 5.32 Å². The number of amides is 1. The van der Waals surface area contributed by atoms with Crippen LogP contribution < -0.4 is 5.32 Å². The second-order valence-electron chi connectivity index (χ2n) is 4.46. The van der Waals surface area contributed by atoms with Crippen LogP contribution in [-0.4, -0.2) is 27.6 Å². The van der Waals surface area contributed by atoms with E-state index < -0.39 is 17.4 Å². The van der Waals surface area contributed by atoms with Crippen LogP contribution in [-0.2, 0) is 4.79 Å². The van der Waals surface area contributed by atoms with Crippen LogP contribution in [0.25, 0.3) is 0 Å². The Labute approximate surface area is 99.1 Å². The van der Waals surface area contributed by atoms with Crippen LogP contribution in [0.3, 0.4) is 0 Å². The van der Waals surface area contributed by atoms with Gasteiger partial charge >= 0.3 is 5.97 Å². The van der Waals surface area contributed by atoms with Crippen molar-refractivity contribution in [2.24, 2.45) is 0 Å². The monoisotopic (exact) mass is 237 g/mol. The molecule has 0 atom stereocenters. The number of carboxylic acid groups (broad SMARTS) is 1. The Morgan fingerprint density at radius 1 is 1.35 bits per heavy atom. The van der Waals surface area contributed by atoms with Gasteiger partial charge in [0.15, 0.2) is 0 Å². The second-order valence-corrected chi connectivity index (χ2v) is 4.46. The number of rotatable bonds is 4. The topological polar surface area (TPSA) is 86.6 Å². The van der Waals surface area contributed by atoms with E-state index in [4.69, 9.17) is 5.11 Å². The van der Waals surface area contributed by atoms with Gasteiger partial charge in [-0.1, -0.05) is 6.07 Å². The molecule has 0 aliphatic carbocycles. The Bertz CT molecular complexity index is 440. The molecule has 0 radical (unpaired) electrons. The molecule has 0 heterocycles. The highest BCUT2D eigenvalue weighted by Crippen LogP contribution is 2.13. The van der Waals surface area contributed by atoms with Crippen molar-refractivity contribution in [3.05, 3.63) is 29.8 Å². The van der Waals surface area contributed by atoms with E-state index >= 15 is 0 Å². The molecule has 0 spiro atoms. The molecule has 0 aliphatic heterocycles. The summed E-state index contributed by atoms with van der Waals surface area (Å²) in [6.07, 6.45) is -0.169. The predicted octanol–water partition coefficient (Wildman–Crippen LogP) is 1.38. The van der Waals surface area contributed by atoms with E-state index in [9.17, 15) is 14.7 Å². The lowest BCUT2D eigenvalue weighted by molar-refractivity contribution is -0.138. The van der Waals surface area contributed by atoms with Gasteiger partial charge in [0.2, 0.25) is 0 Å². The lowest BCUT2D eigenvalue weighted by atomic mass is 10.00. The second kappa shape index (κ2) is 4.86. The third-order valence-electron chi connectivity index (χ3n) is 2.15. The summed E-state index contributed by atoms with van der Waals surface area (Å²) in [7, 11) is 0. The molecule has 0 unspecified atom stereocenters. The van der Waals surface area contributed by atoms with Gasteiger partial charge in [0.05, 0.1) is 6.42 Å². The summed E-state index contributed by atoms with van der Waals surface area (Å²) in [6, 6.07) is 5.88. The summed E-state index contributed by atoms with van der Waals surface area (Å²) in [5.41, 5.74) is -0.544. The Kier molecular flexibility index (Phi) is 3.73. The van der Waals surface area contributed by atoms with E-state index in [0.717, 1.165) is 0 Å². The zero-order chi connectivity index (χ0) is 13.1. The van der Waals surface area contributed by atoms with Crippen molar-refractivity contribution in [2.75, 3.05) is 0 Å². The zero-order valence-corrected chi connectivity index (χ0v) is 9.73. The number of hydrogen-bond acceptors (Lipinski definition) is 3. The largest absolute Gasteiger partial charge is 0.508 e. The Balaban J connectivity index is 2.75. The number of aliphatic carboxylic acids is 1. The number of phenolic OH excluding ortho intramolecular Hbond substituents is 1. The molecular weight excluding hydrogens is 222 g/mol. The van der Waals surface area contributed by atoms with Crippen LogP contribution in [0.1, 0.15) is 30.6 Å². The quantitative estimate of drug-likeness (QED) is 0.738. The number of carbonyl (C=O) groups is 2.